The van der Waals surface area contributed by atoms with Crippen LogP contribution in [-0.2, 0) is 6.54 Å². The van der Waals surface area contributed by atoms with Crippen LogP contribution in [0.3, 0.4) is 0 Å². The minimum Gasteiger partial charge on any atom is -0.358 e. The highest BCUT2D eigenvalue weighted by atomic mass is 16.2. The number of aryl methyl sites for hydroxylation is 2. The minimum absolute atomic E-state index is 0.115. The Morgan fingerprint density at radius 1 is 0.960 bits per heavy atom. The molecule has 3 N–H and O–H groups in total. The Morgan fingerprint density at radius 2 is 1.64 bits per heavy atom. The molecule has 5 heteroatoms. The molecule has 0 fully saturated rings. The molecule has 3 rings (SSSR count). The van der Waals surface area contributed by atoms with Gasteiger partial charge >= 0.3 is 0 Å². The van der Waals surface area contributed by atoms with Gasteiger partial charge in [0.05, 0.1) is 0 Å². The van der Waals surface area contributed by atoms with Crippen molar-refractivity contribution in [2.24, 2.45) is 0 Å². The Labute approximate surface area is 146 Å². The molecule has 25 heavy (non-hydrogen) atoms. The number of H-pyrrole nitrogens is 1. The first-order valence-electron chi connectivity index (χ1n) is 8.17. The molecule has 128 valence electrons. The average molecular weight is 335 g/mol. The predicted molar refractivity (Wildman–Crippen MR) is 98.8 cm³/mol. The number of rotatable bonds is 4. The first-order chi connectivity index (χ1) is 12.0. The largest absolute Gasteiger partial charge is 0.358 e. The monoisotopic (exact) mass is 335 g/mol. The summed E-state index contributed by atoms with van der Waals surface area (Å²) in [7, 11) is 1.60. The van der Waals surface area contributed by atoms with Crippen LogP contribution in [0.5, 0.6) is 0 Å². The Morgan fingerprint density at radius 3 is 2.32 bits per heavy atom. The summed E-state index contributed by atoms with van der Waals surface area (Å²) in [5.41, 5.74) is 5.49. The highest BCUT2D eigenvalue weighted by Gasteiger charge is 2.10. The van der Waals surface area contributed by atoms with Crippen LogP contribution in [0, 0.1) is 13.8 Å². The molecule has 0 aliphatic heterocycles. The van der Waals surface area contributed by atoms with Crippen molar-refractivity contribution in [2.45, 2.75) is 20.4 Å². The topological polar surface area (TPSA) is 74.0 Å². The van der Waals surface area contributed by atoms with Crippen LogP contribution >= 0.6 is 0 Å². The first kappa shape index (κ1) is 16.8. The zero-order chi connectivity index (χ0) is 18.0. The zero-order valence-electron chi connectivity index (χ0n) is 14.6. The molecule has 0 aliphatic rings. The Bertz CT molecular complexity index is 939. The summed E-state index contributed by atoms with van der Waals surface area (Å²) >= 11 is 0. The maximum absolute atomic E-state index is 12.4. The maximum Gasteiger partial charge on any atom is 0.251 e. The van der Waals surface area contributed by atoms with E-state index in [0.717, 1.165) is 27.7 Å². The van der Waals surface area contributed by atoms with Gasteiger partial charge in [-0.05, 0) is 55.3 Å². The van der Waals surface area contributed by atoms with E-state index in [-0.39, 0.29) is 11.8 Å². The fraction of sp³-hybridized carbons (Fsp3) is 0.200. The Hall–Kier alpha value is -3.08. The molecule has 0 saturated carbocycles. The third kappa shape index (κ3) is 3.40. The smallest absolute Gasteiger partial charge is 0.251 e. The lowest BCUT2D eigenvalue weighted by Crippen LogP contribution is -2.23. The number of benzene rings is 2. The van der Waals surface area contributed by atoms with Gasteiger partial charge in [0, 0.05) is 41.3 Å². The van der Waals surface area contributed by atoms with Crippen molar-refractivity contribution in [2.75, 3.05) is 7.05 Å². The van der Waals surface area contributed by atoms with Crippen molar-refractivity contribution < 1.29 is 9.59 Å². The van der Waals surface area contributed by atoms with E-state index in [1.54, 1.807) is 19.2 Å². The number of aromatic amines is 1. The zero-order valence-corrected chi connectivity index (χ0v) is 14.6. The van der Waals surface area contributed by atoms with E-state index in [9.17, 15) is 9.59 Å². The third-order valence-electron chi connectivity index (χ3n) is 4.47. The van der Waals surface area contributed by atoms with Crippen molar-refractivity contribution in [3.8, 4) is 0 Å². The fourth-order valence-electron chi connectivity index (χ4n) is 2.81. The molecular weight excluding hydrogens is 314 g/mol. The van der Waals surface area contributed by atoms with Crippen LogP contribution in [-0.4, -0.2) is 23.8 Å². The molecule has 0 aliphatic carbocycles. The molecule has 0 unspecified atom stereocenters. The van der Waals surface area contributed by atoms with Crippen LogP contribution in [0.2, 0.25) is 0 Å². The van der Waals surface area contributed by atoms with Gasteiger partial charge < -0.3 is 15.6 Å². The lowest BCUT2D eigenvalue weighted by Gasteiger charge is -2.07. The summed E-state index contributed by atoms with van der Waals surface area (Å²) in [6.45, 7) is 4.48. The van der Waals surface area contributed by atoms with E-state index in [0.29, 0.717) is 17.7 Å². The van der Waals surface area contributed by atoms with E-state index in [2.05, 4.69) is 15.6 Å². The molecule has 1 heterocycles. The van der Waals surface area contributed by atoms with Crippen LogP contribution < -0.4 is 10.6 Å². The highest BCUT2D eigenvalue weighted by Crippen LogP contribution is 2.22. The third-order valence-corrected chi connectivity index (χ3v) is 4.47. The number of carbonyl (C=O) groups is 2. The molecule has 0 saturated heterocycles. The van der Waals surface area contributed by atoms with Gasteiger partial charge in [0.2, 0.25) is 0 Å². The second kappa shape index (κ2) is 6.81. The normalized spacial score (nSPS) is 10.7. The number of aromatic nitrogens is 1. The van der Waals surface area contributed by atoms with Crippen molar-refractivity contribution in [3.63, 3.8) is 0 Å². The molecule has 3 aromatic rings. The SMILES string of the molecule is CNC(=O)c1ccc(CNC(=O)c2ccc3[nH]c(C)c(C)c3c2)cc1. The van der Waals surface area contributed by atoms with Crippen molar-refractivity contribution in [1.29, 1.82) is 0 Å². The summed E-state index contributed by atoms with van der Waals surface area (Å²) in [6, 6.07) is 12.8. The van der Waals surface area contributed by atoms with Gasteiger partial charge in [-0.25, -0.2) is 0 Å². The standard InChI is InChI=1S/C20H21N3O2/c1-12-13(2)23-18-9-8-16(10-17(12)18)20(25)22-11-14-4-6-15(7-5-14)19(24)21-3/h4-10,23H,11H2,1-3H3,(H,21,24)(H,22,25). The molecule has 0 bridgehead atoms. The number of amides is 2. The van der Waals surface area contributed by atoms with E-state index in [1.807, 2.05) is 44.2 Å². The van der Waals surface area contributed by atoms with Crippen LogP contribution in [0.4, 0.5) is 0 Å². The average Bonchev–Trinajstić information content (AvgIpc) is 2.93. The molecule has 2 aromatic carbocycles. The maximum atomic E-state index is 12.4. The number of hydrogen-bond donors (Lipinski definition) is 3. The molecule has 2 amide bonds. The Kier molecular flexibility index (Phi) is 4.57. The van der Waals surface area contributed by atoms with Crippen molar-refractivity contribution in [3.05, 3.63) is 70.4 Å². The van der Waals surface area contributed by atoms with Crippen LogP contribution in [0.1, 0.15) is 37.5 Å². The van der Waals surface area contributed by atoms with E-state index in [4.69, 9.17) is 0 Å². The van der Waals surface area contributed by atoms with Crippen molar-refractivity contribution in [1.82, 2.24) is 15.6 Å². The van der Waals surface area contributed by atoms with Gasteiger partial charge in [-0.3, -0.25) is 9.59 Å². The summed E-state index contributed by atoms with van der Waals surface area (Å²) in [5, 5.41) is 6.57. The number of carbonyl (C=O) groups excluding carboxylic acids is 2. The number of hydrogen-bond acceptors (Lipinski definition) is 2. The predicted octanol–water partition coefficient (Wildman–Crippen LogP) is 3.07. The molecule has 0 atom stereocenters. The lowest BCUT2D eigenvalue weighted by atomic mass is 10.1. The Balaban J connectivity index is 1.70. The highest BCUT2D eigenvalue weighted by molar-refractivity contribution is 5.99. The van der Waals surface area contributed by atoms with Gasteiger partial charge in [-0.2, -0.15) is 0 Å². The van der Waals surface area contributed by atoms with Gasteiger partial charge in [0.1, 0.15) is 0 Å². The second-order valence-corrected chi connectivity index (χ2v) is 6.09. The lowest BCUT2D eigenvalue weighted by molar-refractivity contribution is 0.0946. The summed E-state index contributed by atoms with van der Waals surface area (Å²) in [6.07, 6.45) is 0. The summed E-state index contributed by atoms with van der Waals surface area (Å²) in [5.74, 6) is -0.239. The quantitative estimate of drug-likeness (QED) is 0.685. The van der Waals surface area contributed by atoms with Crippen LogP contribution in [0.25, 0.3) is 10.9 Å². The van der Waals surface area contributed by atoms with Gasteiger partial charge in [0.15, 0.2) is 0 Å². The molecule has 5 nitrogen and oxygen atoms in total. The van der Waals surface area contributed by atoms with E-state index < -0.39 is 0 Å². The van der Waals surface area contributed by atoms with Crippen molar-refractivity contribution >= 4 is 22.7 Å². The van der Waals surface area contributed by atoms with Gasteiger partial charge in [0.25, 0.3) is 11.8 Å². The molecule has 0 radical (unpaired) electrons. The fourth-order valence-corrected chi connectivity index (χ4v) is 2.81. The molecule has 1 aromatic heterocycles. The number of nitrogens with one attached hydrogen (secondary N) is 3. The van der Waals surface area contributed by atoms with E-state index >= 15 is 0 Å². The molecule has 0 spiro atoms. The van der Waals surface area contributed by atoms with E-state index in [1.165, 1.54) is 0 Å². The first-order valence-corrected chi connectivity index (χ1v) is 8.17. The summed E-state index contributed by atoms with van der Waals surface area (Å²) < 4.78 is 0. The molecular formula is C20H21N3O2. The van der Waals surface area contributed by atoms with Gasteiger partial charge in [-0.15, -0.1) is 0 Å². The minimum atomic E-state index is -0.124. The second-order valence-electron chi connectivity index (χ2n) is 6.09. The summed E-state index contributed by atoms with van der Waals surface area (Å²) in [4.78, 5) is 27.3. The number of fused-ring (bicyclic) bond motifs is 1. The van der Waals surface area contributed by atoms with Crippen LogP contribution in [0.15, 0.2) is 42.5 Å². The van der Waals surface area contributed by atoms with Gasteiger partial charge in [-0.1, -0.05) is 12.1 Å².